The lowest BCUT2D eigenvalue weighted by Crippen LogP contribution is -2.23. The number of benzene rings is 2. The first kappa shape index (κ1) is 14.6. The second-order valence-electron chi connectivity index (χ2n) is 4.49. The summed E-state index contributed by atoms with van der Waals surface area (Å²) in [6, 6.07) is 11.3. The van der Waals surface area contributed by atoms with Gasteiger partial charge < -0.3 is 14.8 Å². The minimum absolute atomic E-state index is 0.113. The van der Waals surface area contributed by atoms with Crippen LogP contribution < -0.4 is 14.8 Å². The van der Waals surface area contributed by atoms with Crippen LogP contribution in [0.5, 0.6) is 11.5 Å². The molecule has 3 rings (SSSR count). The zero-order valence-electron chi connectivity index (χ0n) is 10.9. The molecule has 4 nitrogen and oxygen atoms in total. The van der Waals surface area contributed by atoms with Crippen LogP contribution in [0.3, 0.4) is 0 Å². The Balaban J connectivity index is 1.70. The van der Waals surface area contributed by atoms with Crippen molar-refractivity contribution in [1.29, 1.82) is 0 Å². The predicted octanol–water partition coefficient (Wildman–Crippen LogP) is 3.71. The number of halogens is 2. The van der Waals surface area contributed by atoms with Crippen molar-refractivity contribution >= 4 is 44.4 Å². The molecule has 0 aromatic heterocycles. The molecule has 108 valence electrons. The van der Waals surface area contributed by atoms with Crippen LogP contribution in [0.4, 0.5) is 0 Å². The zero-order chi connectivity index (χ0) is 14.8. The van der Waals surface area contributed by atoms with Crippen LogP contribution in [0.15, 0.2) is 40.9 Å². The highest BCUT2D eigenvalue weighted by Gasteiger charge is 2.14. The van der Waals surface area contributed by atoms with Gasteiger partial charge in [-0.1, -0.05) is 6.07 Å². The number of hydrogen-bond acceptors (Lipinski definition) is 3. The van der Waals surface area contributed by atoms with Gasteiger partial charge in [0, 0.05) is 14.6 Å². The fourth-order valence-electron chi connectivity index (χ4n) is 2.00. The molecule has 0 spiro atoms. The van der Waals surface area contributed by atoms with Crippen molar-refractivity contribution < 1.29 is 14.3 Å². The van der Waals surface area contributed by atoms with E-state index in [1.165, 1.54) is 0 Å². The van der Waals surface area contributed by atoms with Crippen molar-refractivity contribution in [2.75, 3.05) is 6.79 Å². The van der Waals surface area contributed by atoms with Crippen LogP contribution in [0, 0.1) is 3.57 Å². The van der Waals surface area contributed by atoms with Crippen molar-refractivity contribution in [2.45, 2.75) is 6.54 Å². The number of nitrogens with one attached hydrogen (secondary N) is 1. The van der Waals surface area contributed by atoms with Crippen LogP contribution >= 0.6 is 38.5 Å². The first-order valence-electron chi connectivity index (χ1n) is 6.25. The van der Waals surface area contributed by atoms with E-state index in [2.05, 4.69) is 43.8 Å². The van der Waals surface area contributed by atoms with Crippen LogP contribution in [-0.2, 0) is 6.54 Å². The second kappa shape index (κ2) is 6.23. The van der Waals surface area contributed by atoms with E-state index in [4.69, 9.17) is 9.47 Å². The number of ether oxygens (including phenoxy) is 2. The molecule has 2 aromatic carbocycles. The Bertz CT molecular complexity index is 705. The summed E-state index contributed by atoms with van der Waals surface area (Å²) < 4.78 is 12.4. The molecule has 1 heterocycles. The molecule has 6 heteroatoms. The largest absolute Gasteiger partial charge is 0.454 e. The first-order valence-corrected chi connectivity index (χ1v) is 8.12. The topological polar surface area (TPSA) is 47.6 Å². The van der Waals surface area contributed by atoms with Crippen molar-refractivity contribution in [2.24, 2.45) is 0 Å². The van der Waals surface area contributed by atoms with E-state index in [1.54, 1.807) is 0 Å². The standard InChI is InChI=1S/C15H11BrINO3/c16-12-3-2-10(17)6-11(12)15(19)18-7-9-1-4-13-14(5-9)21-8-20-13/h1-6H,7-8H2,(H,18,19). The molecule has 0 radical (unpaired) electrons. The van der Waals surface area contributed by atoms with Gasteiger partial charge in [0.05, 0.1) is 5.56 Å². The van der Waals surface area contributed by atoms with Gasteiger partial charge in [-0.15, -0.1) is 0 Å². The third-order valence-electron chi connectivity index (χ3n) is 3.06. The van der Waals surface area contributed by atoms with Gasteiger partial charge in [0.25, 0.3) is 5.91 Å². The molecule has 0 unspecified atom stereocenters. The average Bonchev–Trinajstić information content (AvgIpc) is 2.94. The molecule has 0 saturated heterocycles. The summed E-state index contributed by atoms with van der Waals surface area (Å²) in [5.41, 5.74) is 1.59. The molecule has 21 heavy (non-hydrogen) atoms. The van der Waals surface area contributed by atoms with Crippen LogP contribution in [0.2, 0.25) is 0 Å². The van der Waals surface area contributed by atoms with Gasteiger partial charge in [-0.3, -0.25) is 4.79 Å². The van der Waals surface area contributed by atoms with Crippen molar-refractivity contribution in [1.82, 2.24) is 5.32 Å². The quantitative estimate of drug-likeness (QED) is 0.712. The van der Waals surface area contributed by atoms with Crippen molar-refractivity contribution in [3.63, 3.8) is 0 Å². The van der Waals surface area contributed by atoms with Gasteiger partial charge in [0.2, 0.25) is 6.79 Å². The van der Waals surface area contributed by atoms with Gasteiger partial charge in [-0.05, 0) is 74.4 Å². The number of amides is 1. The highest BCUT2D eigenvalue weighted by Crippen LogP contribution is 2.32. The van der Waals surface area contributed by atoms with Gasteiger partial charge in [-0.2, -0.15) is 0 Å². The van der Waals surface area contributed by atoms with Gasteiger partial charge in [-0.25, -0.2) is 0 Å². The molecule has 1 aliphatic heterocycles. The van der Waals surface area contributed by atoms with Gasteiger partial charge in [0.1, 0.15) is 0 Å². The Hall–Kier alpha value is -1.28. The summed E-state index contributed by atoms with van der Waals surface area (Å²) in [6.07, 6.45) is 0. The van der Waals surface area contributed by atoms with Crippen LogP contribution in [-0.4, -0.2) is 12.7 Å². The molecule has 0 bridgehead atoms. The monoisotopic (exact) mass is 459 g/mol. The van der Waals surface area contributed by atoms with E-state index in [9.17, 15) is 4.79 Å². The maximum absolute atomic E-state index is 12.2. The van der Waals surface area contributed by atoms with E-state index in [-0.39, 0.29) is 12.7 Å². The first-order chi connectivity index (χ1) is 10.1. The predicted molar refractivity (Wildman–Crippen MR) is 90.6 cm³/mol. The Morgan fingerprint density at radius 1 is 1.19 bits per heavy atom. The lowest BCUT2D eigenvalue weighted by atomic mass is 10.2. The summed E-state index contributed by atoms with van der Waals surface area (Å²) in [7, 11) is 0. The van der Waals surface area contributed by atoms with E-state index < -0.39 is 0 Å². The lowest BCUT2D eigenvalue weighted by molar-refractivity contribution is 0.0950. The van der Waals surface area contributed by atoms with E-state index in [0.29, 0.717) is 12.1 Å². The molecule has 0 saturated carbocycles. The molecule has 1 N–H and O–H groups in total. The highest BCUT2D eigenvalue weighted by atomic mass is 127. The SMILES string of the molecule is O=C(NCc1ccc2c(c1)OCO2)c1cc(I)ccc1Br. The summed E-state index contributed by atoms with van der Waals surface area (Å²) in [6.45, 7) is 0.688. The minimum Gasteiger partial charge on any atom is -0.454 e. The van der Waals surface area contributed by atoms with Crippen LogP contribution in [0.25, 0.3) is 0 Å². The Labute approximate surface area is 144 Å². The third kappa shape index (κ3) is 3.32. The average molecular weight is 460 g/mol. The number of rotatable bonds is 3. The maximum atomic E-state index is 12.2. The Morgan fingerprint density at radius 3 is 2.86 bits per heavy atom. The summed E-state index contributed by atoms with van der Waals surface area (Å²) in [5.74, 6) is 1.35. The molecular weight excluding hydrogens is 449 g/mol. The Morgan fingerprint density at radius 2 is 2.00 bits per heavy atom. The van der Waals surface area contributed by atoms with Gasteiger partial charge >= 0.3 is 0 Å². The van der Waals surface area contributed by atoms with Crippen molar-refractivity contribution in [3.05, 3.63) is 55.6 Å². The number of carbonyl (C=O) groups excluding carboxylic acids is 1. The zero-order valence-corrected chi connectivity index (χ0v) is 14.6. The lowest BCUT2D eigenvalue weighted by Gasteiger charge is -2.08. The second-order valence-corrected chi connectivity index (χ2v) is 6.59. The minimum atomic E-state index is -0.113. The highest BCUT2D eigenvalue weighted by molar-refractivity contribution is 14.1. The van der Waals surface area contributed by atoms with E-state index in [0.717, 1.165) is 25.1 Å². The fourth-order valence-corrected chi connectivity index (χ4v) is 2.92. The third-order valence-corrected chi connectivity index (χ3v) is 4.43. The summed E-state index contributed by atoms with van der Waals surface area (Å²) in [5, 5.41) is 2.91. The Kier molecular flexibility index (Phi) is 4.34. The maximum Gasteiger partial charge on any atom is 0.252 e. The van der Waals surface area contributed by atoms with Crippen molar-refractivity contribution in [3.8, 4) is 11.5 Å². The summed E-state index contributed by atoms with van der Waals surface area (Å²) >= 11 is 5.58. The molecule has 1 amide bonds. The number of hydrogen-bond donors (Lipinski definition) is 1. The molecule has 0 atom stereocenters. The summed E-state index contributed by atoms with van der Waals surface area (Å²) in [4.78, 5) is 12.2. The smallest absolute Gasteiger partial charge is 0.252 e. The number of fused-ring (bicyclic) bond motifs is 1. The molecular formula is C15H11BrINO3. The van der Waals surface area contributed by atoms with E-state index in [1.807, 2.05) is 36.4 Å². The molecule has 1 aliphatic rings. The normalized spacial score (nSPS) is 12.3. The fraction of sp³-hybridized carbons (Fsp3) is 0.133. The number of carbonyl (C=O) groups is 1. The molecule has 2 aromatic rings. The molecule has 0 aliphatic carbocycles. The van der Waals surface area contributed by atoms with E-state index >= 15 is 0 Å². The van der Waals surface area contributed by atoms with Crippen LogP contribution in [0.1, 0.15) is 15.9 Å². The molecule has 0 fully saturated rings. The van der Waals surface area contributed by atoms with Gasteiger partial charge in [0.15, 0.2) is 11.5 Å².